The molecule has 1 amide bonds. The van der Waals surface area contributed by atoms with Gasteiger partial charge in [0.15, 0.2) is 11.6 Å². The van der Waals surface area contributed by atoms with Crippen LogP contribution in [0.5, 0.6) is 0 Å². The lowest BCUT2D eigenvalue weighted by atomic mass is 10.2. The molecule has 0 bridgehead atoms. The second-order valence-corrected chi connectivity index (χ2v) is 5.64. The lowest BCUT2D eigenvalue weighted by molar-refractivity contribution is 0.0953. The lowest BCUT2D eigenvalue weighted by Crippen LogP contribution is -2.25. The summed E-state index contributed by atoms with van der Waals surface area (Å²) in [4.78, 5) is 12.7. The highest BCUT2D eigenvalue weighted by molar-refractivity contribution is 7.16. The van der Waals surface area contributed by atoms with Gasteiger partial charge in [0.05, 0.1) is 4.34 Å². The Morgan fingerprint density at radius 1 is 1.21 bits per heavy atom. The first kappa shape index (κ1) is 14.0. The Labute approximate surface area is 118 Å². The average Bonchev–Trinajstić information content (AvgIpc) is 2.78. The van der Waals surface area contributed by atoms with Crippen LogP contribution in [0.3, 0.4) is 0 Å². The molecule has 0 spiro atoms. The standard InChI is InChI=1S/C13H10ClF2NOS/c14-12-4-2-9(19-12)5-6-17-13(18)8-1-3-10(15)11(16)7-8/h1-4,7H,5-6H2,(H,17,18). The summed E-state index contributed by atoms with van der Waals surface area (Å²) in [6.07, 6.45) is 0.646. The summed E-state index contributed by atoms with van der Waals surface area (Å²) in [6.45, 7) is 0.411. The van der Waals surface area contributed by atoms with E-state index in [1.165, 1.54) is 17.4 Å². The summed E-state index contributed by atoms with van der Waals surface area (Å²) in [5.41, 5.74) is 0.100. The second kappa shape index (κ2) is 6.12. The molecular formula is C13H10ClF2NOS. The molecule has 0 aliphatic carbocycles. The van der Waals surface area contributed by atoms with Gasteiger partial charge in [-0.1, -0.05) is 11.6 Å². The molecule has 2 nitrogen and oxygen atoms in total. The molecule has 0 saturated carbocycles. The molecule has 1 N–H and O–H groups in total. The number of nitrogens with one attached hydrogen (secondary N) is 1. The molecule has 0 saturated heterocycles. The fraction of sp³-hybridized carbons (Fsp3) is 0.154. The number of carbonyl (C=O) groups excluding carboxylic acids is 1. The number of hydrogen-bond acceptors (Lipinski definition) is 2. The molecule has 0 radical (unpaired) electrons. The van der Waals surface area contributed by atoms with Gasteiger partial charge in [-0.25, -0.2) is 8.78 Å². The minimum absolute atomic E-state index is 0.100. The molecule has 0 atom stereocenters. The Morgan fingerprint density at radius 3 is 2.63 bits per heavy atom. The molecule has 0 aliphatic heterocycles. The highest BCUT2D eigenvalue weighted by Gasteiger charge is 2.09. The van der Waals surface area contributed by atoms with Crippen LogP contribution < -0.4 is 5.32 Å². The third-order valence-corrected chi connectivity index (χ3v) is 3.76. The zero-order valence-corrected chi connectivity index (χ0v) is 11.3. The summed E-state index contributed by atoms with van der Waals surface area (Å²) >= 11 is 7.23. The minimum Gasteiger partial charge on any atom is -0.352 e. The Kier molecular flexibility index (Phi) is 4.50. The molecule has 100 valence electrons. The van der Waals surface area contributed by atoms with Crippen molar-refractivity contribution in [1.82, 2.24) is 5.32 Å². The molecule has 1 heterocycles. The average molecular weight is 302 g/mol. The third kappa shape index (κ3) is 3.75. The molecule has 2 rings (SSSR count). The Bertz CT molecular complexity index is 600. The van der Waals surface area contributed by atoms with Crippen molar-refractivity contribution < 1.29 is 13.6 Å². The maximum Gasteiger partial charge on any atom is 0.251 e. The van der Waals surface area contributed by atoms with Crippen LogP contribution in [0, 0.1) is 11.6 Å². The number of benzene rings is 1. The quantitative estimate of drug-likeness (QED) is 0.917. The van der Waals surface area contributed by atoms with Crippen molar-refractivity contribution in [2.45, 2.75) is 6.42 Å². The van der Waals surface area contributed by atoms with Crippen molar-refractivity contribution in [2.75, 3.05) is 6.54 Å². The normalized spacial score (nSPS) is 10.5. The molecule has 0 fully saturated rings. The number of rotatable bonds is 4. The second-order valence-electron chi connectivity index (χ2n) is 3.84. The summed E-state index contributed by atoms with van der Waals surface area (Å²) in [7, 11) is 0. The van der Waals surface area contributed by atoms with Crippen molar-refractivity contribution in [3.63, 3.8) is 0 Å². The van der Waals surface area contributed by atoms with Crippen LogP contribution >= 0.6 is 22.9 Å². The van der Waals surface area contributed by atoms with E-state index in [0.717, 1.165) is 17.0 Å². The predicted octanol–water partition coefficient (Wildman–Crippen LogP) is 3.65. The van der Waals surface area contributed by atoms with E-state index in [0.29, 0.717) is 17.3 Å². The Balaban J connectivity index is 1.89. The summed E-state index contributed by atoms with van der Waals surface area (Å²) in [6, 6.07) is 6.74. The number of halogens is 3. The Morgan fingerprint density at radius 2 is 2.00 bits per heavy atom. The van der Waals surface area contributed by atoms with Crippen molar-refractivity contribution in [3.05, 3.63) is 56.7 Å². The van der Waals surface area contributed by atoms with E-state index in [2.05, 4.69) is 5.32 Å². The molecule has 2 aromatic rings. The molecule has 0 unspecified atom stereocenters. The SMILES string of the molecule is O=C(NCCc1ccc(Cl)s1)c1ccc(F)c(F)c1. The van der Waals surface area contributed by atoms with Crippen LogP contribution in [0.1, 0.15) is 15.2 Å². The summed E-state index contributed by atoms with van der Waals surface area (Å²) in [5.74, 6) is -2.43. The molecular weight excluding hydrogens is 292 g/mol. The first-order chi connectivity index (χ1) is 9.06. The van der Waals surface area contributed by atoms with Gasteiger partial charge in [0, 0.05) is 17.0 Å². The van der Waals surface area contributed by atoms with Gasteiger partial charge in [-0.3, -0.25) is 4.79 Å². The molecule has 1 aromatic carbocycles. The van der Waals surface area contributed by atoms with Crippen LogP contribution in [0.4, 0.5) is 8.78 Å². The van der Waals surface area contributed by atoms with E-state index in [-0.39, 0.29) is 5.56 Å². The predicted molar refractivity (Wildman–Crippen MR) is 71.7 cm³/mol. The number of amides is 1. The van der Waals surface area contributed by atoms with Crippen LogP contribution in [0.2, 0.25) is 4.34 Å². The third-order valence-electron chi connectivity index (χ3n) is 2.47. The van der Waals surface area contributed by atoms with E-state index in [9.17, 15) is 13.6 Å². The monoisotopic (exact) mass is 301 g/mol. The molecule has 19 heavy (non-hydrogen) atoms. The highest BCUT2D eigenvalue weighted by Crippen LogP contribution is 2.21. The van der Waals surface area contributed by atoms with E-state index in [4.69, 9.17) is 11.6 Å². The van der Waals surface area contributed by atoms with Gasteiger partial charge in [-0.05, 0) is 36.8 Å². The van der Waals surface area contributed by atoms with E-state index in [1.807, 2.05) is 6.07 Å². The van der Waals surface area contributed by atoms with Gasteiger partial charge < -0.3 is 5.32 Å². The molecule has 1 aromatic heterocycles. The first-order valence-corrected chi connectivity index (χ1v) is 6.73. The first-order valence-electron chi connectivity index (χ1n) is 5.54. The number of hydrogen-bond donors (Lipinski definition) is 1. The summed E-state index contributed by atoms with van der Waals surface area (Å²) in [5, 5.41) is 2.64. The van der Waals surface area contributed by atoms with E-state index >= 15 is 0 Å². The van der Waals surface area contributed by atoms with Gasteiger partial charge in [0.2, 0.25) is 0 Å². The van der Waals surface area contributed by atoms with Gasteiger partial charge in [0.25, 0.3) is 5.91 Å². The highest BCUT2D eigenvalue weighted by atomic mass is 35.5. The number of thiophene rings is 1. The molecule has 0 aliphatic rings. The minimum atomic E-state index is -1.03. The van der Waals surface area contributed by atoms with Gasteiger partial charge >= 0.3 is 0 Å². The zero-order valence-electron chi connectivity index (χ0n) is 9.75. The van der Waals surface area contributed by atoms with E-state index in [1.54, 1.807) is 6.07 Å². The maximum atomic E-state index is 13.0. The van der Waals surface area contributed by atoms with Crippen molar-refractivity contribution in [2.24, 2.45) is 0 Å². The van der Waals surface area contributed by atoms with Crippen molar-refractivity contribution >= 4 is 28.8 Å². The van der Waals surface area contributed by atoms with Crippen LogP contribution in [-0.2, 0) is 6.42 Å². The fourth-order valence-electron chi connectivity index (χ4n) is 1.52. The van der Waals surface area contributed by atoms with Crippen molar-refractivity contribution in [1.29, 1.82) is 0 Å². The van der Waals surface area contributed by atoms with Crippen molar-refractivity contribution in [3.8, 4) is 0 Å². The van der Waals surface area contributed by atoms with Crippen LogP contribution in [0.25, 0.3) is 0 Å². The van der Waals surface area contributed by atoms with Gasteiger partial charge in [-0.2, -0.15) is 0 Å². The number of carbonyl (C=O) groups is 1. The fourth-order valence-corrected chi connectivity index (χ4v) is 2.61. The van der Waals surface area contributed by atoms with Crippen LogP contribution in [-0.4, -0.2) is 12.5 Å². The lowest BCUT2D eigenvalue weighted by Gasteiger charge is -2.04. The Hall–Kier alpha value is -1.46. The van der Waals surface area contributed by atoms with Crippen LogP contribution in [0.15, 0.2) is 30.3 Å². The maximum absolute atomic E-state index is 13.0. The van der Waals surface area contributed by atoms with E-state index < -0.39 is 17.5 Å². The van der Waals surface area contributed by atoms with Gasteiger partial charge in [0.1, 0.15) is 0 Å². The summed E-state index contributed by atoms with van der Waals surface area (Å²) < 4.78 is 26.4. The largest absolute Gasteiger partial charge is 0.352 e. The van der Waals surface area contributed by atoms with Gasteiger partial charge in [-0.15, -0.1) is 11.3 Å². The zero-order chi connectivity index (χ0) is 13.8. The smallest absolute Gasteiger partial charge is 0.251 e. The topological polar surface area (TPSA) is 29.1 Å². The molecule has 6 heteroatoms.